The first kappa shape index (κ1) is 24.4. The molecule has 2 aromatic carbocycles. The molecule has 1 aromatic heterocycles. The van der Waals surface area contributed by atoms with Crippen molar-refractivity contribution in [3.05, 3.63) is 65.9 Å². The van der Waals surface area contributed by atoms with E-state index in [9.17, 15) is 21.6 Å². The normalized spacial score (nSPS) is 32.6. The predicted octanol–water partition coefficient (Wildman–Crippen LogP) is 4.66. The standard InChI is InChI=1S/C29H32N2O5S2/c1-18-8-10-20(11-9-18)38(35,36)30-16-24(21-6-4-5-7-25(21)30)22-15-23(22)27(32)31-26-14-19-12-13-29(26,28(19,2)3)17-37(31,33)34/h4-11,16,19,22-23,26H,12-15,17H2,1-3H3/t19?,22-,23-,26?,29-/m1/s1. The fraction of sp³-hybridized carbons (Fsp3) is 0.483. The Labute approximate surface area is 223 Å². The third-order valence-electron chi connectivity index (χ3n) is 10.4. The second kappa shape index (κ2) is 7.50. The average molecular weight is 553 g/mol. The first-order valence-electron chi connectivity index (χ1n) is 13.4. The number of carbonyl (C=O) groups is 1. The number of para-hydroxylation sites is 1. The van der Waals surface area contributed by atoms with Crippen LogP contribution in [0.5, 0.6) is 0 Å². The number of aromatic nitrogens is 1. The van der Waals surface area contributed by atoms with Gasteiger partial charge in [0, 0.05) is 22.9 Å². The molecule has 7 rings (SSSR count). The number of carbonyl (C=O) groups excluding carboxylic acids is 1. The van der Waals surface area contributed by atoms with Crippen LogP contribution in [0.25, 0.3) is 10.9 Å². The number of rotatable bonds is 4. The Kier molecular flexibility index (Phi) is 4.82. The van der Waals surface area contributed by atoms with Crippen molar-refractivity contribution in [2.45, 2.75) is 63.3 Å². The number of amides is 1. The van der Waals surface area contributed by atoms with E-state index < -0.39 is 26.0 Å². The number of aryl methyl sites for hydroxylation is 1. The van der Waals surface area contributed by atoms with Gasteiger partial charge in [-0.15, -0.1) is 0 Å². The zero-order valence-electron chi connectivity index (χ0n) is 21.8. The van der Waals surface area contributed by atoms with Crippen molar-refractivity contribution in [2.75, 3.05) is 5.75 Å². The number of nitrogens with zero attached hydrogens (tertiary/aromatic N) is 2. The fourth-order valence-corrected chi connectivity index (χ4v) is 12.0. The minimum absolute atomic E-state index is 0.0609. The van der Waals surface area contributed by atoms with Gasteiger partial charge in [0.15, 0.2) is 0 Å². The Bertz CT molecular complexity index is 1720. The van der Waals surface area contributed by atoms with Gasteiger partial charge in [-0.25, -0.2) is 25.1 Å². The highest BCUT2D eigenvalue weighted by Crippen LogP contribution is 2.70. The van der Waals surface area contributed by atoms with E-state index in [0.717, 1.165) is 35.8 Å². The highest BCUT2D eigenvalue weighted by molar-refractivity contribution is 7.90. The summed E-state index contributed by atoms with van der Waals surface area (Å²) in [7, 11) is -7.53. The molecule has 4 aliphatic rings. The molecular formula is C29H32N2O5S2. The maximum absolute atomic E-state index is 13.8. The van der Waals surface area contributed by atoms with Crippen molar-refractivity contribution >= 4 is 36.9 Å². The van der Waals surface area contributed by atoms with Gasteiger partial charge in [0.25, 0.3) is 10.0 Å². The van der Waals surface area contributed by atoms with Crippen LogP contribution >= 0.6 is 0 Å². The monoisotopic (exact) mass is 552 g/mol. The van der Waals surface area contributed by atoms with Crippen LogP contribution in [0.1, 0.15) is 56.6 Å². The Morgan fingerprint density at radius 1 is 1.03 bits per heavy atom. The molecule has 5 atom stereocenters. The highest BCUT2D eigenvalue weighted by Gasteiger charge is 2.73. The lowest BCUT2D eigenvalue weighted by Gasteiger charge is -2.37. The van der Waals surface area contributed by atoms with Crippen LogP contribution < -0.4 is 0 Å². The van der Waals surface area contributed by atoms with E-state index in [2.05, 4.69) is 13.8 Å². The molecule has 2 bridgehead atoms. The van der Waals surface area contributed by atoms with Crippen molar-refractivity contribution < 1.29 is 21.6 Å². The van der Waals surface area contributed by atoms with E-state index >= 15 is 0 Å². The first-order valence-corrected chi connectivity index (χ1v) is 16.4. The largest absolute Gasteiger partial charge is 0.273 e. The maximum Gasteiger partial charge on any atom is 0.268 e. The maximum atomic E-state index is 13.8. The summed E-state index contributed by atoms with van der Waals surface area (Å²) in [6, 6.07) is 13.8. The van der Waals surface area contributed by atoms with Gasteiger partial charge in [0.2, 0.25) is 15.9 Å². The van der Waals surface area contributed by atoms with Crippen LogP contribution in [0, 0.1) is 29.6 Å². The summed E-state index contributed by atoms with van der Waals surface area (Å²) in [6.07, 6.45) is 4.80. The van der Waals surface area contributed by atoms with Gasteiger partial charge in [0.05, 0.1) is 22.2 Å². The van der Waals surface area contributed by atoms with Crippen LogP contribution in [-0.2, 0) is 24.8 Å². The second-order valence-corrected chi connectivity index (χ2v) is 16.1. The minimum atomic E-state index is -3.85. The Hall–Kier alpha value is -2.65. The van der Waals surface area contributed by atoms with E-state index in [1.165, 1.54) is 8.28 Å². The molecular weight excluding hydrogens is 520 g/mol. The Morgan fingerprint density at radius 3 is 2.45 bits per heavy atom. The van der Waals surface area contributed by atoms with Gasteiger partial charge in [-0.3, -0.25) is 4.79 Å². The van der Waals surface area contributed by atoms with Crippen molar-refractivity contribution in [2.24, 2.45) is 22.7 Å². The van der Waals surface area contributed by atoms with E-state index in [-0.39, 0.29) is 39.3 Å². The van der Waals surface area contributed by atoms with Crippen LogP contribution in [0.2, 0.25) is 0 Å². The van der Waals surface area contributed by atoms with Gasteiger partial charge in [-0.1, -0.05) is 49.7 Å². The van der Waals surface area contributed by atoms with E-state index in [4.69, 9.17) is 0 Å². The molecule has 3 saturated carbocycles. The summed E-state index contributed by atoms with van der Waals surface area (Å²) in [6.45, 7) is 6.26. The molecule has 3 aliphatic carbocycles. The molecule has 1 spiro atoms. The molecule has 1 saturated heterocycles. The minimum Gasteiger partial charge on any atom is -0.273 e. The van der Waals surface area contributed by atoms with Gasteiger partial charge in [-0.2, -0.15) is 0 Å². The second-order valence-electron chi connectivity index (χ2n) is 12.4. The summed E-state index contributed by atoms with van der Waals surface area (Å²) < 4.78 is 56.6. The SMILES string of the molecule is Cc1ccc(S(=O)(=O)n2cc([C@@H]3C[C@H]3C(=O)N3C4CC5CC[C@]4(CS3(=O)=O)C5(C)C)c3ccccc32)cc1. The van der Waals surface area contributed by atoms with Crippen molar-refractivity contribution in [3.8, 4) is 0 Å². The van der Waals surface area contributed by atoms with Crippen LogP contribution in [0.4, 0.5) is 0 Å². The topological polar surface area (TPSA) is 93.5 Å². The molecule has 4 fully saturated rings. The molecule has 1 aliphatic heterocycles. The molecule has 1 amide bonds. The summed E-state index contributed by atoms with van der Waals surface area (Å²) in [5.74, 6) is -0.466. The third kappa shape index (κ3) is 3.03. The lowest BCUT2D eigenvalue weighted by atomic mass is 9.69. The molecule has 200 valence electrons. The van der Waals surface area contributed by atoms with Gasteiger partial charge >= 0.3 is 0 Å². The molecule has 0 radical (unpaired) electrons. The number of fused-ring (bicyclic) bond motifs is 2. The van der Waals surface area contributed by atoms with Crippen LogP contribution in [0.3, 0.4) is 0 Å². The third-order valence-corrected chi connectivity index (χ3v) is 14.0. The molecule has 2 unspecified atom stereocenters. The van der Waals surface area contributed by atoms with Crippen LogP contribution in [0.15, 0.2) is 59.6 Å². The van der Waals surface area contributed by atoms with E-state index in [1.807, 2.05) is 19.1 Å². The molecule has 0 N–H and O–H groups in total. The predicted molar refractivity (Wildman–Crippen MR) is 145 cm³/mol. The Morgan fingerprint density at radius 2 is 1.74 bits per heavy atom. The molecule has 38 heavy (non-hydrogen) atoms. The van der Waals surface area contributed by atoms with Gasteiger partial charge in [0.1, 0.15) is 0 Å². The fourth-order valence-electron chi connectivity index (χ4n) is 8.05. The van der Waals surface area contributed by atoms with E-state index in [0.29, 0.717) is 17.9 Å². The molecule has 3 aromatic rings. The summed E-state index contributed by atoms with van der Waals surface area (Å²) in [4.78, 5) is 14.0. The Balaban J connectivity index is 1.24. The number of sulfonamides is 1. The molecule has 7 nitrogen and oxygen atoms in total. The summed E-state index contributed by atoms with van der Waals surface area (Å²) >= 11 is 0. The molecule has 9 heteroatoms. The van der Waals surface area contributed by atoms with Crippen molar-refractivity contribution in [1.29, 1.82) is 0 Å². The zero-order valence-corrected chi connectivity index (χ0v) is 23.4. The van der Waals surface area contributed by atoms with Crippen LogP contribution in [-0.4, -0.2) is 42.8 Å². The number of benzene rings is 2. The quantitative estimate of drug-likeness (QED) is 0.470. The van der Waals surface area contributed by atoms with Crippen molar-refractivity contribution in [1.82, 2.24) is 8.28 Å². The van der Waals surface area contributed by atoms with Gasteiger partial charge < -0.3 is 0 Å². The van der Waals surface area contributed by atoms with E-state index in [1.54, 1.807) is 42.6 Å². The smallest absolute Gasteiger partial charge is 0.268 e. The average Bonchev–Trinajstić information content (AvgIpc) is 3.34. The first-order chi connectivity index (χ1) is 17.9. The highest BCUT2D eigenvalue weighted by atomic mass is 32.2. The number of hydrogen-bond donors (Lipinski definition) is 0. The summed E-state index contributed by atoms with van der Waals surface area (Å²) in [5, 5.41) is 0.783. The van der Waals surface area contributed by atoms with Crippen molar-refractivity contribution in [3.63, 3.8) is 0 Å². The zero-order chi connectivity index (χ0) is 26.8. The summed E-state index contributed by atoms with van der Waals surface area (Å²) in [5.41, 5.74) is 1.87. The number of hydrogen-bond acceptors (Lipinski definition) is 5. The molecule has 2 heterocycles. The lowest BCUT2D eigenvalue weighted by molar-refractivity contribution is -0.130. The lowest BCUT2D eigenvalue weighted by Crippen LogP contribution is -2.44. The van der Waals surface area contributed by atoms with Gasteiger partial charge in [-0.05, 0) is 73.6 Å².